The average molecular weight is 323 g/mol. The minimum atomic E-state index is -0.127. The molecule has 0 bridgehead atoms. The van der Waals surface area contributed by atoms with Crippen LogP contribution in [-0.4, -0.2) is 13.0 Å². The third-order valence-corrected chi connectivity index (χ3v) is 4.61. The second kappa shape index (κ2) is 6.50. The third-order valence-electron chi connectivity index (χ3n) is 3.39. The van der Waals surface area contributed by atoms with Crippen LogP contribution in [-0.2, 0) is 0 Å². The minimum Gasteiger partial charge on any atom is -0.387 e. The van der Waals surface area contributed by atoms with E-state index in [4.69, 9.17) is 11.6 Å². The van der Waals surface area contributed by atoms with Crippen molar-refractivity contribution in [1.29, 1.82) is 0 Å². The van der Waals surface area contributed by atoms with E-state index in [2.05, 4.69) is 30.5 Å². The summed E-state index contributed by atoms with van der Waals surface area (Å²) in [6, 6.07) is 7.34. The van der Waals surface area contributed by atoms with Crippen LogP contribution in [0.15, 0.2) is 24.3 Å². The van der Waals surface area contributed by atoms with E-state index in [0.29, 0.717) is 10.6 Å². The summed E-state index contributed by atoms with van der Waals surface area (Å²) >= 11 is 7.74. The number of hydrogen-bond donors (Lipinski definition) is 2. The SMILES string of the molecule is CNc1ccc(Cl)cc1C(=O)NC(C)c1cc(C)sc1C. The van der Waals surface area contributed by atoms with Gasteiger partial charge in [0, 0.05) is 27.5 Å². The summed E-state index contributed by atoms with van der Waals surface area (Å²) in [7, 11) is 1.79. The second-order valence-electron chi connectivity index (χ2n) is 5.00. The van der Waals surface area contributed by atoms with Crippen LogP contribution in [0.5, 0.6) is 0 Å². The fourth-order valence-electron chi connectivity index (χ4n) is 2.35. The molecule has 3 nitrogen and oxygen atoms in total. The van der Waals surface area contributed by atoms with E-state index in [0.717, 1.165) is 5.69 Å². The lowest BCUT2D eigenvalue weighted by Crippen LogP contribution is -2.27. The highest BCUT2D eigenvalue weighted by Crippen LogP contribution is 2.27. The fraction of sp³-hybridized carbons (Fsp3) is 0.312. The van der Waals surface area contributed by atoms with E-state index in [9.17, 15) is 4.79 Å². The van der Waals surface area contributed by atoms with Gasteiger partial charge in [0.05, 0.1) is 11.6 Å². The quantitative estimate of drug-likeness (QED) is 0.867. The lowest BCUT2D eigenvalue weighted by molar-refractivity contribution is 0.0940. The van der Waals surface area contributed by atoms with Gasteiger partial charge in [-0.25, -0.2) is 0 Å². The highest BCUT2D eigenvalue weighted by atomic mass is 35.5. The highest BCUT2D eigenvalue weighted by Gasteiger charge is 2.17. The zero-order valence-corrected chi connectivity index (χ0v) is 14.2. The standard InChI is InChI=1S/C16H19ClN2OS/c1-9-7-13(11(3)21-9)10(2)19-16(20)14-8-12(17)5-6-15(14)18-4/h5-8,10,18H,1-4H3,(H,19,20). The molecule has 0 saturated carbocycles. The molecule has 1 unspecified atom stereocenters. The number of benzene rings is 1. The van der Waals surface area contributed by atoms with Crippen LogP contribution in [0.3, 0.4) is 0 Å². The van der Waals surface area contributed by atoms with E-state index >= 15 is 0 Å². The largest absolute Gasteiger partial charge is 0.387 e. The predicted octanol–water partition coefficient (Wildman–Crippen LogP) is 4.55. The van der Waals surface area contributed by atoms with Gasteiger partial charge in [0.15, 0.2) is 0 Å². The topological polar surface area (TPSA) is 41.1 Å². The van der Waals surface area contributed by atoms with Crippen LogP contribution in [0.1, 0.15) is 38.6 Å². The van der Waals surface area contributed by atoms with Crippen molar-refractivity contribution >= 4 is 34.5 Å². The molecule has 1 atom stereocenters. The molecule has 0 aliphatic carbocycles. The van der Waals surface area contributed by atoms with Crippen molar-refractivity contribution in [3.63, 3.8) is 0 Å². The number of amides is 1. The summed E-state index contributed by atoms with van der Waals surface area (Å²) < 4.78 is 0. The van der Waals surface area contributed by atoms with E-state index in [1.807, 2.05) is 13.0 Å². The summed E-state index contributed by atoms with van der Waals surface area (Å²) in [6.07, 6.45) is 0. The molecule has 1 aromatic heterocycles. The molecule has 1 aromatic carbocycles. The summed E-state index contributed by atoms with van der Waals surface area (Å²) in [4.78, 5) is 15.0. The fourth-order valence-corrected chi connectivity index (χ4v) is 3.55. The maximum atomic E-state index is 12.5. The predicted molar refractivity (Wildman–Crippen MR) is 90.7 cm³/mol. The number of aryl methyl sites for hydroxylation is 2. The first-order valence-electron chi connectivity index (χ1n) is 6.77. The van der Waals surface area contributed by atoms with Gasteiger partial charge < -0.3 is 10.6 Å². The van der Waals surface area contributed by atoms with Crippen molar-refractivity contribution in [3.05, 3.63) is 50.2 Å². The van der Waals surface area contributed by atoms with Crippen molar-refractivity contribution in [2.75, 3.05) is 12.4 Å². The Morgan fingerprint density at radius 1 is 1.29 bits per heavy atom. The number of nitrogens with one attached hydrogen (secondary N) is 2. The van der Waals surface area contributed by atoms with Crippen LogP contribution >= 0.6 is 22.9 Å². The number of anilines is 1. The molecule has 1 amide bonds. The Balaban J connectivity index is 2.22. The molecule has 0 aliphatic rings. The Morgan fingerprint density at radius 2 is 2.00 bits per heavy atom. The van der Waals surface area contributed by atoms with E-state index < -0.39 is 0 Å². The van der Waals surface area contributed by atoms with E-state index in [1.54, 1.807) is 30.5 Å². The van der Waals surface area contributed by atoms with Crippen LogP contribution in [0, 0.1) is 13.8 Å². The zero-order valence-electron chi connectivity index (χ0n) is 12.6. The summed E-state index contributed by atoms with van der Waals surface area (Å²) in [5, 5.41) is 6.60. The Morgan fingerprint density at radius 3 is 2.57 bits per heavy atom. The molecule has 2 N–H and O–H groups in total. The van der Waals surface area contributed by atoms with Gasteiger partial charge in [-0.1, -0.05) is 11.6 Å². The van der Waals surface area contributed by atoms with E-state index in [-0.39, 0.29) is 11.9 Å². The summed E-state index contributed by atoms with van der Waals surface area (Å²) in [5.74, 6) is -0.127. The summed E-state index contributed by atoms with van der Waals surface area (Å²) in [5.41, 5.74) is 2.49. The van der Waals surface area contributed by atoms with Gasteiger partial charge in [0.25, 0.3) is 5.91 Å². The third kappa shape index (κ3) is 3.57. The first-order valence-corrected chi connectivity index (χ1v) is 7.97. The normalized spacial score (nSPS) is 12.0. The van der Waals surface area contributed by atoms with Gasteiger partial charge in [-0.15, -0.1) is 11.3 Å². The molecule has 0 spiro atoms. The van der Waals surface area contributed by atoms with Gasteiger partial charge in [-0.05, 0) is 50.6 Å². The number of carbonyl (C=O) groups is 1. The lowest BCUT2D eigenvalue weighted by Gasteiger charge is -2.16. The van der Waals surface area contributed by atoms with E-state index in [1.165, 1.54) is 15.3 Å². The molecule has 2 aromatic rings. The zero-order chi connectivity index (χ0) is 15.6. The first-order chi connectivity index (χ1) is 9.92. The van der Waals surface area contributed by atoms with Crippen molar-refractivity contribution in [2.45, 2.75) is 26.8 Å². The van der Waals surface area contributed by atoms with Gasteiger partial charge in [-0.2, -0.15) is 0 Å². The molecule has 0 radical (unpaired) electrons. The number of halogens is 1. The van der Waals surface area contributed by atoms with Gasteiger partial charge in [-0.3, -0.25) is 4.79 Å². The number of rotatable bonds is 4. The Kier molecular flexibility index (Phi) is 4.91. The molecule has 0 fully saturated rings. The molecular formula is C16H19ClN2OS. The first kappa shape index (κ1) is 15.9. The average Bonchev–Trinajstić information content (AvgIpc) is 2.77. The Hall–Kier alpha value is -1.52. The molecule has 1 heterocycles. The monoisotopic (exact) mass is 322 g/mol. The Bertz CT molecular complexity index is 666. The van der Waals surface area contributed by atoms with Crippen LogP contribution in [0.2, 0.25) is 5.02 Å². The van der Waals surface area contributed by atoms with Crippen LogP contribution in [0.4, 0.5) is 5.69 Å². The molecule has 2 rings (SSSR count). The number of thiophene rings is 1. The lowest BCUT2D eigenvalue weighted by atomic mass is 10.1. The van der Waals surface area contributed by atoms with Crippen LogP contribution < -0.4 is 10.6 Å². The summed E-state index contributed by atoms with van der Waals surface area (Å²) in [6.45, 7) is 6.15. The Labute approximate surface area is 134 Å². The molecule has 0 saturated heterocycles. The molecule has 0 aliphatic heterocycles. The van der Waals surface area contributed by atoms with Crippen molar-refractivity contribution in [1.82, 2.24) is 5.32 Å². The van der Waals surface area contributed by atoms with Crippen molar-refractivity contribution in [2.24, 2.45) is 0 Å². The van der Waals surface area contributed by atoms with Crippen molar-refractivity contribution in [3.8, 4) is 0 Å². The molecule has 112 valence electrons. The smallest absolute Gasteiger partial charge is 0.253 e. The second-order valence-corrected chi connectivity index (χ2v) is 6.90. The van der Waals surface area contributed by atoms with Gasteiger partial charge >= 0.3 is 0 Å². The maximum absolute atomic E-state index is 12.5. The number of hydrogen-bond acceptors (Lipinski definition) is 3. The molecule has 5 heteroatoms. The molecule has 21 heavy (non-hydrogen) atoms. The number of carbonyl (C=O) groups excluding carboxylic acids is 1. The highest BCUT2D eigenvalue weighted by molar-refractivity contribution is 7.12. The van der Waals surface area contributed by atoms with Gasteiger partial charge in [0.2, 0.25) is 0 Å². The molecular weight excluding hydrogens is 304 g/mol. The van der Waals surface area contributed by atoms with Crippen molar-refractivity contribution < 1.29 is 4.79 Å². The van der Waals surface area contributed by atoms with Gasteiger partial charge in [0.1, 0.15) is 0 Å². The maximum Gasteiger partial charge on any atom is 0.253 e. The van der Waals surface area contributed by atoms with Crippen LogP contribution in [0.25, 0.3) is 0 Å². The minimum absolute atomic E-state index is 0.0360.